The number of anilines is 1. The summed E-state index contributed by atoms with van der Waals surface area (Å²) in [4.78, 5) is 22.7. The molecule has 0 aromatic heterocycles. The van der Waals surface area contributed by atoms with E-state index in [1.807, 2.05) is 6.07 Å². The second kappa shape index (κ2) is 6.61. The first-order valence-corrected chi connectivity index (χ1v) is 5.75. The zero-order chi connectivity index (χ0) is 14.4. The van der Waals surface area contributed by atoms with Crippen LogP contribution in [0.5, 0.6) is 5.75 Å². The largest absolute Gasteiger partial charge is 0.495 e. The van der Waals surface area contributed by atoms with Crippen LogP contribution in [0.3, 0.4) is 0 Å². The third-order valence-corrected chi connectivity index (χ3v) is 2.38. The number of urea groups is 1. The molecule has 0 radical (unpaired) electrons. The molecule has 2 N–H and O–H groups in total. The molecule has 0 bridgehead atoms. The van der Waals surface area contributed by atoms with Crippen LogP contribution in [0.25, 0.3) is 0 Å². The van der Waals surface area contributed by atoms with Crippen LogP contribution in [-0.2, 0) is 4.79 Å². The van der Waals surface area contributed by atoms with Gasteiger partial charge in [0.25, 0.3) is 0 Å². The first-order chi connectivity index (χ1) is 8.97. The smallest absolute Gasteiger partial charge is 0.326 e. The maximum Gasteiger partial charge on any atom is 0.326 e. The van der Waals surface area contributed by atoms with Crippen molar-refractivity contribution in [2.75, 3.05) is 12.4 Å². The number of hydrogen-bond acceptors (Lipinski definition) is 4. The van der Waals surface area contributed by atoms with E-state index in [0.29, 0.717) is 17.0 Å². The highest BCUT2D eigenvalue weighted by Gasteiger charge is 2.14. The molecule has 1 unspecified atom stereocenters. The number of carbonyl (C=O) groups is 2. The predicted molar refractivity (Wildman–Crippen MR) is 70.2 cm³/mol. The van der Waals surface area contributed by atoms with Gasteiger partial charge in [0.05, 0.1) is 24.4 Å². The molecule has 0 spiro atoms. The second-order valence-electron chi connectivity index (χ2n) is 3.59. The van der Waals surface area contributed by atoms with Crippen LogP contribution < -0.4 is 15.4 Å². The third-order valence-electron chi connectivity index (χ3n) is 2.18. The lowest BCUT2D eigenvalue weighted by Crippen LogP contribution is -2.38. The van der Waals surface area contributed by atoms with E-state index >= 15 is 0 Å². The molecule has 1 aromatic carbocycles. The molecule has 7 heteroatoms. The molecule has 1 aromatic rings. The van der Waals surface area contributed by atoms with E-state index < -0.39 is 17.3 Å². The van der Waals surface area contributed by atoms with Gasteiger partial charge in [-0.2, -0.15) is 5.26 Å². The van der Waals surface area contributed by atoms with Gasteiger partial charge < -0.3 is 10.1 Å². The van der Waals surface area contributed by atoms with Gasteiger partial charge in [-0.3, -0.25) is 10.1 Å². The van der Waals surface area contributed by atoms with Gasteiger partial charge in [0.2, 0.25) is 5.91 Å². The average molecular weight is 282 g/mol. The molecule has 100 valence electrons. The SMILES string of the molecule is COc1cc(C#N)ccc1NC(=O)NC(=O)C(C)Cl. The number of methoxy groups -OCH3 is 1. The highest BCUT2D eigenvalue weighted by atomic mass is 35.5. The number of hydrogen-bond donors (Lipinski definition) is 2. The minimum atomic E-state index is -0.811. The third kappa shape index (κ3) is 4.16. The quantitative estimate of drug-likeness (QED) is 0.827. The van der Waals surface area contributed by atoms with Crippen LogP contribution in [0.1, 0.15) is 12.5 Å². The van der Waals surface area contributed by atoms with E-state index in [2.05, 4.69) is 10.6 Å². The molecular weight excluding hydrogens is 270 g/mol. The van der Waals surface area contributed by atoms with Crippen molar-refractivity contribution in [1.82, 2.24) is 5.32 Å². The topological polar surface area (TPSA) is 91.2 Å². The van der Waals surface area contributed by atoms with Crippen LogP contribution in [0.4, 0.5) is 10.5 Å². The lowest BCUT2D eigenvalue weighted by atomic mass is 10.2. The maximum absolute atomic E-state index is 11.5. The summed E-state index contributed by atoms with van der Waals surface area (Å²) in [5, 5.41) is 12.4. The van der Waals surface area contributed by atoms with Gasteiger partial charge in [0, 0.05) is 6.07 Å². The van der Waals surface area contributed by atoms with Crippen LogP contribution >= 0.6 is 11.6 Å². The Morgan fingerprint density at radius 3 is 2.68 bits per heavy atom. The van der Waals surface area contributed by atoms with Crippen molar-refractivity contribution >= 4 is 29.2 Å². The Kier molecular flexibility index (Phi) is 5.15. The number of carbonyl (C=O) groups excluding carboxylic acids is 2. The lowest BCUT2D eigenvalue weighted by molar-refractivity contribution is -0.119. The number of rotatable bonds is 3. The molecule has 3 amide bonds. The van der Waals surface area contributed by atoms with Crippen molar-refractivity contribution in [3.8, 4) is 11.8 Å². The molecule has 0 saturated carbocycles. The van der Waals surface area contributed by atoms with Crippen LogP contribution in [0.15, 0.2) is 18.2 Å². The minimum Gasteiger partial charge on any atom is -0.495 e. The fraction of sp³-hybridized carbons (Fsp3) is 0.250. The molecule has 0 aliphatic rings. The molecular formula is C12H12ClN3O3. The number of halogens is 1. The van der Waals surface area contributed by atoms with E-state index in [-0.39, 0.29) is 0 Å². The fourth-order valence-electron chi connectivity index (χ4n) is 1.23. The van der Waals surface area contributed by atoms with Gasteiger partial charge in [-0.05, 0) is 19.1 Å². The van der Waals surface area contributed by atoms with Gasteiger partial charge >= 0.3 is 6.03 Å². The highest BCUT2D eigenvalue weighted by molar-refractivity contribution is 6.31. The van der Waals surface area contributed by atoms with Crippen molar-refractivity contribution in [2.45, 2.75) is 12.3 Å². The van der Waals surface area contributed by atoms with Gasteiger partial charge in [-0.15, -0.1) is 11.6 Å². The second-order valence-corrected chi connectivity index (χ2v) is 4.24. The van der Waals surface area contributed by atoms with Gasteiger partial charge in [0.1, 0.15) is 11.1 Å². The van der Waals surface area contributed by atoms with Crippen molar-refractivity contribution in [3.63, 3.8) is 0 Å². The Labute approximate surface area is 115 Å². The van der Waals surface area contributed by atoms with Crippen molar-refractivity contribution in [2.24, 2.45) is 0 Å². The van der Waals surface area contributed by atoms with Crippen LogP contribution in [0, 0.1) is 11.3 Å². The molecule has 0 heterocycles. The van der Waals surface area contributed by atoms with Crippen LogP contribution in [-0.4, -0.2) is 24.4 Å². The number of nitrogens with one attached hydrogen (secondary N) is 2. The summed E-state index contributed by atoms with van der Waals surface area (Å²) >= 11 is 5.52. The summed E-state index contributed by atoms with van der Waals surface area (Å²) in [6.07, 6.45) is 0. The van der Waals surface area contributed by atoms with Crippen molar-refractivity contribution < 1.29 is 14.3 Å². The van der Waals surface area contributed by atoms with E-state index in [4.69, 9.17) is 21.6 Å². The number of imide groups is 1. The Morgan fingerprint density at radius 2 is 2.16 bits per heavy atom. The molecule has 0 fully saturated rings. The first kappa shape index (κ1) is 14.8. The van der Waals surface area contributed by atoms with Crippen LogP contribution in [0.2, 0.25) is 0 Å². The molecule has 1 atom stereocenters. The molecule has 0 aliphatic carbocycles. The Morgan fingerprint density at radius 1 is 1.47 bits per heavy atom. The van der Waals surface area contributed by atoms with E-state index in [0.717, 1.165) is 0 Å². The Hall–Kier alpha value is -2.26. The normalized spacial score (nSPS) is 11.1. The first-order valence-electron chi connectivity index (χ1n) is 5.32. The van der Waals surface area contributed by atoms with Crippen molar-refractivity contribution in [1.29, 1.82) is 5.26 Å². The zero-order valence-electron chi connectivity index (χ0n) is 10.4. The van der Waals surface area contributed by atoms with Crippen molar-refractivity contribution in [3.05, 3.63) is 23.8 Å². The molecule has 19 heavy (non-hydrogen) atoms. The standard InChI is InChI=1S/C12H12ClN3O3/c1-7(13)11(17)16-12(18)15-9-4-3-8(6-14)5-10(9)19-2/h3-5,7H,1-2H3,(H2,15,16,17,18). The highest BCUT2D eigenvalue weighted by Crippen LogP contribution is 2.25. The summed E-state index contributed by atoms with van der Waals surface area (Å²) in [5.74, 6) is -0.285. The molecule has 6 nitrogen and oxygen atoms in total. The monoisotopic (exact) mass is 281 g/mol. The average Bonchev–Trinajstić information content (AvgIpc) is 2.38. The summed E-state index contributed by atoms with van der Waals surface area (Å²) < 4.78 is 5.04. The molecule has 1 rings (SSSR count). The minimum absolute atomic E-state index is 0.320. The number of alkyl halides is 1. The summed E-state index contributed by atoms with van der Waals surface area (Å²) in [7, 11) is 1.41. The lowest BCUT2D eigenvalue weighted by Gasteiger charge is -2.11. The summed E-state index contributed by atoms with van der Waals surface area (Å²) in [5.41, 5.74) is 0.738. The molecule has 0 aliphatic heterocycles. The van der Waals surface area contributed by atoms with E-state index in [1.54, 1.807) is 0 Å². The number of amides is 3. The maximum atomic E-state index is 11.5. The number of ether oxygens (including phenoxy) is 1. The number of nitrogens with zero attached hydrogens (tertiary/aromatic N) is 1. The zero-order valence-corrected chi connectivity index (χ0v) is 11.1. The Balaban J connectivity index is 2.80. The number of benzene rings is 1. The van der Waals surface area contributed by atoms with E-state index in [9.17, 15) is 9.59 Å². The summed E-state index contributed by atoms with van der Waals surface area (Å²) in [6.45, 7) is 1.45. The molecule has 0 saturated heterocycles. The predicted octanol–water partition coefficient (Wildman–Crippen LogP) is 1.84. The fourth-order valence-corrected chi connectivity index (χ4v) is 1.28. The van der Waals surface area contributed by atoms with Gasteiger partial charge in [0.15, 0.2) is 0 Å². The van der Waals surface area contributed by atoms with E-state index in [1.165, 1.54) is 32.2 Å². The number of nitriles is 1. The van der Waals surface area contributed by atoms with Gasteiger partial charge in [-0.1, -0.05) is 0 Å². The summed E-state index contributed by atoms with van der Waals surface area (Å²) in [6, 6.07) is 5.73. The Bertz CT molecular complexity index is 538. The van der Waals surface area contributed by atoms with Gasteiger partial charge in [-0.25, -0.2) is 4.79 Å².